The van der Waals surface area contributed by atoms with Crippen molar-refractivity contribution >= 4 is 23.0 Å². The van der Waals surface area contributed by atoms with Crippen molar-refractivity contribution in [3.8, 4) is 22.6 Å². The number of benzene rings is 3. The molecule has 0 unspecified atom stereocenters. The minimum Gasteiger partial charge on any atom is -0.465 e. The Balaban J connectivity index is 1.44. The number of carbonyl (C=O) groups is 2. The summed E-state index contributed by atoms with van der Waals surface area (Å²) >= 11 is 0. The van der Waals surface area contributed by atoms with Crippen LogP contribution in [-0.4, -0.2) is 41.0 Å². The van der Waals surface area contributed by atoms with Gasteiger partial charge in [0.1, 0.15) is 17.3 Å². The fourth-order valence-electron chi connectivity index (χ4n) is 4.32. The van der Waals surface area contributed by atoms with Gasteiger partial charge in [0.15, 0.2) is 11.3 Å². The topological polar surface area (TPSA) is 92.0 Å². The Bertz CT molecular complexity index is 1470. The molecule has 1 aliphatic heterocycles. The molecule has 2 heterocycles. The van der Waals surface area contributed by atoms with E-state index < -0.39 is 17.8 Å². The fourth-order valence-corrected chi connectivity index (χ4v) is 4.32. The number of alkyl halides is 2. The number of hydrogen-bond donors (Lipinski definition) is 2. The van der Waals surface area contributed by atoms with Gasteiger partial charge < -0.3 is 24.5 Å². The molecule has 7 nitrogen and oxygen atoms in total. The fraction of sp³-hybridized carbons (Fsp3) is 0.214. The molecular weight excluding hydrogens is 501 g/mol. The van der Waals surface area contributed by atoms with Crippen LogP contribution >= 0.6 is 0 Å². The zero-order valence-electron chi connectivity index (χ0n) is 20.0. The van der Waals surface area contributed by atoms with Gasteiger partial charge in [0.25, 0.3) is 11.8 Å². The van der Waals surface area contributed by atoms with Crippen LogP contribution in [0, 0.1) is 5.82 Å². The van der Waals surface area contributed by atoms with Crippen LogP contribution in [0.1, 0.15) is 29.0 Å². The van der Waals surface area contributed by atoms with Gasteiger partial charge >= 0.3 is 6.09 Å². The van der Waals surface area contributed by atoms with Gasteiger partial charge in [-0.15, -0.1) is 0 Å². The number of likely N-dealkylation sites (tertiary alicyclic amines) is 1. The van der Waals surface area contributed by atoms with Gasteiger partial charge in [-0.1, -0.05) is 12.1 Å². The van der Waals surface area contributed by atoms with E-state index in [2.05, 4.69) is 5.32 Å². The first kappa shape index (κ1) is 25.2. The summed E-state index contributed by atoms with van der Waals surface area (Å²) in [6, 6.07) is 17.5. The maximum Gasteiger partial charge on any atom is 0.405 e. The van der Waals surface area contributed by atoms with Crippen LogP contribution in [0.3, 0.4) is 0 Å². The van der Waals surface area contributed by atoms with Gasteiger partial charge in [0.05, 0.1) is 6.54 Å². The smallest absolute Gasteiger partial charge is 0.405 e. The largest absolute Gasteiger partial charge is 0.465 e. The van der Waals surface area contributed by atoms with E-state index in [1.54, 1.807) is 36.4 Å². The molecule has 1 fully saturated rings. The Kier molecular flexibility index (Phi) is 6.71. The summed E-state index contributed by atoms with van der Waals surface area (Å²) in [4.78, 5) is 25.1. The van der Waals surface area contributed by atoms with Crippen molar-refractivity contribution in [2.45, 2.75) is 25.3 Å². The van der Waals surface area contributed by atoms with Crippen LogP contribution in [0.5, 0.6) is 11.5 Å². The van der Waals surface area contributed by atoms with Gasteiger partial charge in [0.2, 0.25) is 0 Å². The van der Waals surface area contributed by atoms with Crippen LogP contribution in [0.4, 0.5) is 18.0 Å². The first-order valence-electron chi connectivity index (χ1n) is 11.9. The van der Waals surface area contributed by atoms with Crippen LogP contribution in [0.2, 0.25) is 0 Å². The summed E-state index contributed by atoms with van der Waals surface area (Å²) in [6.45, 7) is -0.0314. The Morgan fingerprint density at radius 2 is 1.66 bits per heavy atom. The molecule has 10 heteroatoms. The Morgan fingerprint density at radius 3 is 2.32 bits per heavy atom. The van der Waals surface area contributed by atoms with E-state index in [0.717, 1.165) is 11.1 Å². The number of halogens is 3. The molecule has 3 aromatic carbocycles. The van der Waals surface area contributed by atoms with Crippen molar-refractivity contribution < 1.29 is 37.0 Å². The summed E-state index contributed by atoms with van der Waals surface area (Å²) < 4.78 is 52.1. The van der Waals surface area contributed by atoms with Gasteiger partial charge in [0, 0.05) is 36.9 Å². The number of nitrogens with zero attached hydrogens (tertiary/aromatic N) is 1. The molecule has 0 saturated carbocycles. The molecular formula is C28H23F3N2O5. The van der Waals surface area contributed by atoms with E-state index in [1.165, 1.54) is 29.2 Å². The second-order valence-corrected chi connectivity index (χ2v) is 9.05. The van der Waals surface area contributed by atoms with E-state index in [0.29, 0.717) is 33.8 Å². The molecule has 0 bridgehead atoms. The van der Waals surface area contributed by atoms with Crippen molar-refractivity contribution in [2.75, 3.05) is 13.1 Å². The molecule has 0 aliphatic carbocycles. The summed E-state index contributed by atoms with van der Waals surface area (Å²) in [6.07, 6.45) is -1.88. The number of carboxylic acid groups (broad SMARTS) is 1. The summed E-state index contributed by atoms with van der Waals surface area (Å²) in [5, 5.41) is 11.8. The van der Waals surface area contributed by atoms with E-state index in [9.17, 15) is 22.8 Å². The molecule has 2 N–H and O–H groups in total. The third kappa shape index (κ3) is 5.59. The van der Waals surface area contributed by atoms with Crippen LogP contribution in [-0.2, 0) is 6.54 Å². The second kappa shape index (κ2) is 10.1. The van der Waals surface area contributed by atoms with Crippen molar-refractivity contribution in [2.24, 2.45) is 0 Å². The number of fused-ring (bicyclic) bond motifs is 1. The zero-order valence-corrected chi connectivity index (χ0v) is 20.0. The van der Waals surface area contributed by atoms with Crippen LogP contribution in [0.25, 0.3) is 22.1 Å². The predicted octanol–water partition coefficient (Wildman–Crippen LogP) is 6.67. The van der Waals surface area contributed by atoms with Crippen molar-refractivity contribution in [1.29, 1.82) is 0 Å². The minimum atomic E-state index is -2.73. The Morgan fingerprint density at radius 1 is 0.974 bits per heavy atom. The number of furan rings is 1. The Labute approximate surface area is 215 Å². The highest BCUT2D eigenvalue weighted by Crippen LogP contribution is 2.37. The lowest BCUT2D eigenvalue weighted by molar-refractivity contribution is -0.0494. The Hall–Kier alpha value is -4.47. The molecule has 1 saturated heterocycles. The number of carbonyl (C=O) groups excluding carboxylic acids is 1. The monoisotopic (exact) mass is 524 g/mol. The molecule has 0 spiro atoms. The quantitative estimate of drug-likeness (QED) is 0.294. The lowest BCUT2D eigenvalue weighted by atomic mass is 10.0. The molecule has 1 aromatic heterocycles. The third-order valence-corrected chi connectivity index (χ3v) is 6.34. The summed E-state index contributed by atoms with van der Waals surface area (Å²) in [5.74, 6) is -2.36. The normalized spacial score (nSPS) is 14.9. The average molecular weight is 524 g/mol. The number of piperidine rings is 1. The van der Waals surface area contributed by atoms with E-state index >= 15 is 0 Å². The number of ether oxygens (including phenoxy) is 1. The lowest BCUT2D eigenvalue weighted by Gasteiger charge is -2.31. The molecule has 2 amide bonds. The lowest BCUT2D eigenvalue weighted by Crippen LogP contribution is -2.42. The van der Waals surface area contributed by atoms with Gasteiger partial charge in [-0.25, -0.2) is 18.0 Å². The number of amides is 2. The van der Waals surface area contributed by atoms with Crippen molar-refractivity contribution in [3.63, 3.8) is 0 Å². The van der Waals surface area contributed by atoms with E-state index in [4.69, 9.17) is 14.3 Å². The van der Waals surface area contributed by atoms with Gasteiger partial charge in [-0.2, -0.15) is 0 Å². The summed E-state index contributed by atoms with van der Waals surface area (Å²) in [7, 11) is 0. The van der Waals surface area contributed by atoms with Crippen LogP contribution in [0.15, 0.2) is 71.1 Å². The van der Waals surface area contributed by atoms with Crippen molar-refractivity contribution in [1.82, 2.24) is 10.2 Å². The van der Waals surface area contributed by atoms with Crippen LogP contribution < -0.4 is 10.1 Å². The maximum absolute atomic E-state index is 13.5. The van der Waals surface area contributed by atoms with Crippen molar-refractivity contribution in [3.05, 3.63) is 83.9 Å². The first-order chi connectivity index (χ1) is 18.2. The second-order valence-electron chi connectivity index (χ2n) is 9.05. The number of hydrogen-bond acceptors (Lipinski definition) is 4. The summed E-state index contributed by atoms with van der Waals surface area (Å²) in [5.41, 5.74) is 2.26. The molecule has 0 atom stereocenters. The SMILES string of the molecule is O=C(O)NCc1cc2cc(-c3ccc(C(=O)N4CCC(F)(F)CC4)cc3)cc(Oc3ccc(F)cc3)c2o1. The highest BCUT2D eigenvalue weighted by molar-refractivity contribution is 5.95. The standard InChI is InChI=1S/C28H23F3N2O5/c29-21-5-7-22(8-6-21)37-24-15-19(13-20-14-23(38-25(20)24)16-32-27(35)36)17-1-3-18(4-2-17)26(34)33-11-9-28(30,31)10-12-33/h1-8,13-15,32H,9-12,16H2,(H,35,36). The van der Waals surface area contributed by atoms with E-state index in [-0.39, 0.29) is 38.4 Å². The molecule has 38 heavy (non-hydrogen) atoms. The predicted molar refractivity (Wildman–Crippen MR) is 133 cm³/mol. The zero-order chi connectivity index (χ0) is 26.9. The molecule has 5 rings (SSSR count). The first-order valence-corrected chi connectivity index (χ1v) is 11.9. The van der Waals surface area contributed by atoms with Gasteiger partial charge in [-0.3, -0.25) is 4.79 Å². The number of rotatable bonds is 6. The third-order valence-electron chi connectivity index (χ3n) is 6.34. The molecule has 1 aliphatic rings. The molecule has 196 valence electrons. The molecule has 4 aromatic rings. The van der Waals surface area contributed by atoms with E-state index in [1.807, 2.05) is 6.07 Å². The highest BCUT2D eigenvalue weighted by Gasteiger charge is 2.35. The minimum absolute atomic E-state index is 0.00783. The number of nitrogens with one attached hydrogen (secondary N) is 1. The van der Waals surface area contributed by atoms with Gasteiger partial charge in [-0.05, 0) is 65.7 Å². The highest BCUT2D eigenvalue weighted by atomic mass is 19.3. The maximum atomic E-state index is 13.5. The molecule has 0 radical (unpaired) electrons. The average Bonchev–Trinajstić information content (AvgIpc) is 3.32.